The summed E-state index contributed by atoms with van der Waals surface area (Å²) in [5, 5.41) is 0. The number of rotatable bonds is 0. The van der Waals surface area contributed by atoms with E-state index in [0.717, 1.165) is 0 Å². The molecule has 0 aliphatic heterocycles. The standard InChI is InChI=1S/Cu.Mo.Pb.Ta.W. The zero-order valence-corrected chi connectivity index (χ0v) is 15.0. The molecule has 0 bridgehead atoms. The minimum absolute atomic E-state index is 0. The summed E-state index contributed by atoms with van der Waals surface area (Å²) in [5.41, 5.74) is 0. The second kappa shape index (κ2) is 25.7. The topological polar surface area (TPSA) is 0 Å². The van der Waals surface area contributed by atoms with Crippen LogP contribution in [-0.2, 0) is 81.6 Å². The van der Waals surface area contributed by atoms with Crippen molar-refractivity contribution in [2.45, 2.75) is 0 Å². The Labute approximate surface area is 107 Å². The molecular weight excluding hydrogens is 731 g/mol. The molecule has 0 aliphatic rings. The molecule has 0 aromatic carbocycles. The Morgan fingerprint density at radius 2 is 1.00 bits per heavy atom. The molecular formula is CuMoPbTaW. The molecule has 0 spiro atoms. The summed E-state index contributed by atoms with van der Waals surface area (Å²) < 4.78 is 0. The Hall–Kier alpha value is 3.56. The molecule has 0 nitrogen and oxygen atoms in total. The first-order valence-corrected chi connectivity index (χ1v) is 0. The molecule has 0 heterocycles. The summed E-state index contributed by atoms with van der Waals surface area (Å²) in [6.07, 6.45) is 0. The van der Waals surface area contributed by atoms with Gasteiger partial charge in [-0.15, -0.1) is 0 Å². The van der Waals surface area contributed by atoms with Gasteiger partial charge < -0.3 is 0 Å². The van der Waals surface area contributed by atoms with Gasteiger partial charge in [-0.2, -0.15) is 0 Å². The largest absolute Gasteiger partial charge is 0 e. The quantitative estimate of drug-likeness (QED) is 0.299. The third-order valence-corrected chi connectivity index (χ3v) is 0. The fourth-order valence-electron chi connectivity index (χ4n) is 0. The van der Waals surface area contributed by atoms with Gasteiger partial charge >= 0.3 is 0 Å². The molecule has 0 aromatic rings. The van der Waals surface area contributed by atoms with Crippen molar-refractivity contribution in [2.75, 3.05) is 0 Å². The summed E-state index contributed by atoms with van der Waals surface area (Å²) in [4.78, 5) is 0. The minimum Gasteiger partial charge on any atom is 0 e. The first-order valence-electron chi connectivity index (χ1n) is 0. The average molecular weight is 731 g/mol. The Kier molecular flexibility index (Phi) is 198. The van der Waals surface area contributed by atoms with E-state index in [1.807, 2.05) is 0 Å². The van der Waals surface area contributed by atoms with Crippen LogP contribution >= 0.6 is 0 Å². The molecule has 32 valence electrons. The van der Waals surface area contributed by atoms with Crippen LogP contribution in [0.15, 0.2) is 0 Å². The third kappa shape index (κ3) is 18.4. The van der Waals surface area contributed by atoms with Crippen LogP contribution < -0.4 is 0 Å². The minimum atomic E-state index is 0. The van der Waals surface area contributed by atoms with Crippen LogP contribution in [0.5, 0.6) is 0 Å². The van der Waals surface area contributed by atoms with Gasteiger partial charge in [-0.1, -0.05) is 0 Å². The molecule has 0 aromatic heterocycles. The van der Waals surface area contributed by atoms with Crippen molar-refractivity contribution in [1.82, 2.24) is 0 Å². The van der Waals surface area contributed by atoms with Gasteiger partial charge in [-0.05, 0) is 0 Å². The monoisotopic (exact) mass is 734 g/mol. The fraction of sp³-hybridized carbons (Fsp3) is 0. The Morgan fingerprint density at radius 3 is 1.00 bits per heavy atom. The summed E-state index contributed by atoms with van der Waals surface area (Å²) in [6, 6.07) is 0. The summed E-state index contributed by atoms with van der Waals surface area (Å²) >= 11 is 0. The van der Waals surface area contributed by atoms with Crippen LogP contribution in [0.25, 0.3) is 0 Å². The Morgan fingerprint density at radius 1 is 1.00 bits per heavy atom. The summed E-state index contributed by atoms with van der Waals surface area (Å²) in [6.45, 7) is 0. The Bertz CT molecular complexity index is 11.6. The van der Waals surface area contributed by atoms with Gasteiger partial charge in [0.2, 0.25) is 0 Å². The van der Waals surface area contributed by atoms with E-state index in [1.54, 1.807) is 0 Å². The molecule has 0 atom stereocenters. The molecule has 0 saturated carbocycles. The molecule has 0 unspecified atom stereocenters. The zero-order chi connectivity index (χ0) is 0. The van der Waals surface area contributed by atoms with E-state index >= 15 is 0 Å². The molecule has 5 heavy (non-hydrogen) atoms. The molecule has 0 N–H and O–H groups in total. The molecule has 0 saturated heterocycles. The maximum atomic E-state index is 0. The normalized spacial score (nSPS) is 0. The van der Waals surface area contributed by atoms with Gasteiger partial charge in [0.25, 0.3) is 0 Å². The van der Waals surface area contributed by atoms with Crippen molar-refractivity contribution >= 4 is 27.3 Å². The molecule has 5 heteroatoms. The van der Waals surface area contributed by atoms with Crippen LogP contribution in [0.1, 0.15) is 0 Å². The summed E-state index contributed by atoms with van der Waals surface area (Å²) in [5.74, 6) is 0. The van der Waals surface area contributed by atoms with Crippen molar-refractivity contribution < 1.29 is 81.6 Å². The molecule has 0 aliphatic carbocycles. The first-order chi connectivity index (χ1) is 0. The SMILES string of the molecule is [Cu].[Mo].[Pb].[Ta].[W]. The van der Waals surface area contributed by atoms with E-state index in [4.69, 9.17) is 0 Å². The van der Waals surface area contributed by atoms with Crippen LogP contribution in [0, 0.1) is 0 Å². The molecule has 0 amide bonds. The van der Waals surface area contributed by atoms with E-state index in [1.165, 1.54) is 0 Å². The van der Waals surface area contributed by atoms with Gasteiger partial charge in [0.15, 0.2) is 0 Å². The third-order valence-electron chi connectivity index (χ3n) is 0. The van der Waals surface area contributed by atoms with Crippen LogP contribution in [0.3, 0.4) is 0 Å². The van der Waals surface area contributed by atoms with Crippen molar-refractivity contribution in [1.29, 1.82) is 0 Å². The maximum absolute atomic E-state index is 0. The van der Waals surface area contributed by atoms with Gasteiger partial charge in [0, 0.05) is 109 Å². The van der Waals surface area contributed by atoms with Crippen molar-refractivity contribution in [3.63, 3.8) is 0 Å². The predicted molar refractivity (Wildman–Crippen MR) is 5.75 cm³/mol. The van der Waals surface area contributed by atoms with Gasteiger partial charge in [0.05, 0.1) is 0 Å². The molecule has 0 rings (SSSR count). The first kappa shape index (κ1) is 38.6. The second-order valence-electron chi connectivity index (χ2n) is 0. The number of hydrogen-bond acceptors (Lipinski definition) is 0. The van der Waals surface area contributed by atoms with Crippen LogP contribution in [0.4, 0.5) is 0 Å². The van der Waals surface area contributed by atoms with Crippen molar-refractivity contribution in [2.24, 2.45) is 0 Å². The summed E-state index contributed by atoms with van der Waals surface area (Å²) in [7, 11) is 0. The zero-order valence-electron chi connectivity index (χ0n) is 2.07. The second-order valence-corrected chi connectivity index (χ2v) is 0. The van der Waals surface area contributed by atoms with Crippen molar-refractivity contribution in [3.05, 3.63) is 0 Å². The van der Waals surface area contributed by atoms with Gasteiger partial charge in [-0.3, -0.25) is 0 Å². The molecule has 6 radical (unpaired) electrons. The van der Waals surface area contributed by atoms with E-state index in [9.17, 15) is 0 Å². The molecule has 0 fully saturated rings. The van der Waals surface area contributed by atoms with Gasteiger partial charge in [-0.25, -0.2) is 0 Å². The van der Waals surface area contributed by atoms with Gasteiger partial charge in [0.1, 0.15) is 0 Å². The van der Waals surface area contributed by atoms with E-state index in [2.05, 4.69) is 0 Å². The average Bonchev–Trinajstić information content (AvgIpc) is 0. The van der Waals surface area contributed by atoms with Crippen molar-refractivity contribution in [3.8, 4) is 0 Å². The smallest absolute Gasteiger partial charge is 0 e. The van der Waals surface area contributed by atoms with E-state index < -0.39 is 0 Å². The van der Waals surface area contributed by atoms with Crippen LogP contribution in [-0.4, -0.2) is 27.3 Å². The number of hydrogen-bond donors (Lipinski definition) is 0. The Balaban J connectivity index is 0. The maximum Gasteiger partial charge on any atom is 0 e. The van der Waals surface area contributed by atoms with E-state index in [-0.39, 0.29) is 109 Å². The van der Waals surface area contributed by atoms with E-state index in [0.29, 0.717) is 0 Å². The fourth-order valence-corrected chi connectivity index (χ4v) is 0. The predicted octanol–water partition coefficient (Wildman–Crippen LogP) is -0.391. The van der Waals surface area contributed by atoms with Crippen LogP contribution in [0.2, 0.25) is 0 Å².